The van der Waals surface area contributed by atoms with Gasteiger partial charge in [-0.15, -0.1) is 0 Å². The number of benzene rings is 1. The molecule has 0 heterocycles. The third kappa shape index (κ3) is 5.77. The molecule has 0 saturated heterocycles. The third-order valence-corrected chi connectivity index (χ3v) is 2.61. The van der Waals surface area contributed by atoms with Crippen LogP contribution in [0, 0.1) is 0 Å². The summed E-state index contributed by atoms with van der Waals surface area (Å²) in [6.07, 6.45) is 2.53. The fourth-order valence-corrected chi connectivity index (χ4v) is 1.72. The van der Waals surface area contributed by atoms with Crippen LogP contribution in [0.1, 0.15) is 18.9 Å². The van der Waals surface area contributed by atoms with Crippen LogP contribution in [0.15, 0.2) is 30.9 Å². The molecule has 0 aliphatic rings. The molecule has 0 aliphatic heterocycles. The highest BCUT2D eigenvalue weighted by Crippen LogP contribution is 2.28. The molecule has 3 N–H and O–H groups in total. The van der Waals surface area contributed by atoms with Gasteiger partial charge in [0.15, 0.2) is 11.5 Å². The molecule has 0 amide bonds. The van der Waals surface area contributed by atoms with Gasteiger partial charge in [0.2, 0.25) is 0 Å². The highest BCUT2D eigenvalue weighted by atomic mass is 16.5. The van der Waals surface area contributed by atoms with Gasteiger partial charge < -0.3 is 19.9 Å². The van der Waals surface area contributed by atoms with Gasteiger partial charge in [-0.2, -0.15) is 0 Å². The number of nitrogens with two attached hydrogens (primary N) is 1. The zero-order valence-electron chi connectivity index (χ0n) is 11.6. The van der Waals surface area contributed by atoms with E-state index in [4.69, 9.17) is 14.6 Å². The Morgan fingerprint density at radius 2 is 2.16 bits per heavy atom. The van der Waals surface area contributed by atoms with Crippen molar-refractivity contribution >= 4 is 0 Å². The van der Waals surface area contributed by atoms with Crippen molar-refractivity contribution in [2.24, 2.45) is 0 Å². The molecule has 0 atom stereocenters. The maximum atomic E-state index is 8.73. The maximum absolute atomic E-state index is 8.73. The van der Waals surface area contributed by atoms with E-state index in [9.17, 15) is 0 Å². The molecule has 4 nitrogen and oxygen atoms in total. The van der Waals surface area contributed by atoms with Gasteiger partial charge in [-0.05, 0) is 25.1 Å². The molecule has 1 aromatic carbocycles. The predicted molar refractivity (Wildman–Crippen MR) is 75.5 cm³/mol. The Kier molecular flexibility index (Phi) is 7.70. The summed E-state index contributed by atoms with van der Waals surface area (Å²) in [6.45, 7) is 8.73. The van der Waals surface area contributed by atoms with E-state index in [0.717, 1.165) is 31.0 Å². The first-order chi connectivity index (χ1) is 9.31. The van der Waals surface area contributed by atoms with Crippen molar-refractivity contribution < 1.29 is 19.9 Å². The maximum Gasteiger partial charge on any atom is 0.161 e. The molecular weight excluding hydrogens is 242 g/mol. The molecule has 0 radical (unpaired) electrons. The molecule has 0 fully saturated rings. The minimum atomic E-state index is 0.245. The topological polar surface area (TPSA) is 55.3 Å². The van der Waals surface area contributed by atoms with Crippen molar-refractivity contribution in [2.45, 2.75) is 19.9 Å². The molecule has 0 saturated carbocycles. The Morgan fingerprint density at radius 3 is 2.84 bits per heavy atom. The van der Waals surface area contributed by atoms with Gasteiger partial charge >= 0.3 is 0 Å². The number of aliphatic hydroxyl groups is 1. The Balaban J connectivity index is 2.63. The summed E-state index contributed by atoms with van der Waals surface area (Å²) < 4.78 is 11.1. The first kappa shape index (κ1) is 15.5. The van der Waals surface area contributed by atoms with Crippen LogP contribution in [0.3, 0.4) is 0 Å². The summed E-state index contributed by atoms with van der Waals surface area (Å²) in [7, 11) is 0. The fourth-order valence-electron chi connectivity index (χ4n) is 1.72. The zero-order chi connectivity index (χ0) is 13.9. The molecule has 19 heavy (non-hydrogen) atoms. The quantitative estimate of drug-likeness (QED) is 0.492. The Morgan fingerprint density at radius 1 is 1.32 bits per heavy atom. The lowest BCUT2D eigenvalue weighted by atomic mass is 10.2. The van der Waals surface area contributed by atoms with Crippen molar-refractivity contribution in [1.29, 1.82) is 0 Å². The highest BCUT2D eigenvalue weighted by molar-refractivity contribution is 5.42. The zero-order valence-corrected chi connectivity index (χ0v) is 11.6. The lowest BCUT2D eigenvalue weighted by Crippen LogP contribution is -2.82. The van der Waals surface area contributed by atoms with Crippen LogP contribution in [-0.2, 0) is 6.54 Å². The molecule has 0 bridgehead atoms. The molecule has 4 heteroatoms. The number of hydrogen-bond acceptors (Lipinski definition) is 3. The highest BCUT2D eigenvalue weighted by Gasteiger charge is 2.07. The van der Waals surface area contributed by atoms with Gasteiger partial charge in [-0.1, -0.05) is 12.7 Å². The van der Waals surface area contributed by atoms with Gasteiger partial charge in [0, 0.05) is 18.6 Å². The minimum Gasteiger partial charge on any atom is -0.490 e. The van der Waals surface area contributed by atoms with Crippen LogP contribution in [0.4, 0.5) is 0 Å². The standard InChI is InChI=1S/C15H23NO3/c1-3-10-19-14-7-6-13(11-15(14)18-4-2)12-16-8-5-9-17/h3,6-7,11,16-17H,1,4-5,8-10,12H2,2H3/p+1. The van der Waals surface area contributed by atoms with Crippen molar-refractivity contribution in [3.8, 4) is 11.5 Å². The summed E-state index contributed by atoms with van der Waals surface area (Å²) in [5.74, 6) is 1.53. The van der Waals surface area contributed by atoms with E-state index in [1.54, 1.807) is 6.08 Å². The van der Waals surface area contributed by atoms with Crippen molar-refractivity contribution in [3.63, 3.8) is 0 Å². The van der Waals surface area contributed by atoms with Crippen LogP contribution < -0.4 is 14.8 Å². The second-order valence-corrected chi connectivity index (χ2v) is 4.17. The summed E-state index contributed by atoms with van der Waals surface area (Å²) >= 11 is 0. The van der Waals surface area contributed by atoms with E-state index in [2.05, 4.69) is 11.9 Å². The molecule has 0 aromatic heterocycles. The predicted octanol–water partition coefficient (Wildman–Crippen LogP) is 1.10. The number of ether oxygens (including phenoxy) is 2. The molecule has 0 spiro atoms. The number of aliphatic hydroxyl groups excluding tert-OH is 1. The number of rotatable bonds is 10. The van der Waals surface area contributed by atoms with Crippen molar-refractivity contribution in [3.05, 3.63) is 36.4 Å². The van der Waals surface area contributed by atoms with E-state index in [1.165, 1.54) is 5.56 Å². The first-order valence-electron chi connectivity index (χ1n) is 6.73. The molecular formula is C15H24NO3+. The molecule has 0 unspecified atom stereocenters. The van der Waals surface area contributed by atoms with Crippen LogP contribution in [0.25, 0.3) is 0 Å². The smallest absolute Gasteiger partial charge is 0.161 e. The van der Waals surface area contributed by atoms with E-state index in [-0.39, 0.29) is 6.61 Å². The van der Waals surface area contributed by atoms with E-state index < -0.39 is 0 Å². The molecule has 1 aromatic rings. The van der Waals surface area contributed by atoms with Gasteiger partial charge in [0.05, 0.1) is 13.2 Å². The number of quaternary nitrogens is 1. The lowest BCUT2D eigenvalue weighted by Gasteiger charge is -2.12. The summed E-state index contributed by atoms with van der Waals surface area (Å²) in [6, 6.07) is 5.98. The van der Waals surface area contributed by atoms with Crippen LogP contribution in [0.5, 0.6) is 11.5 Å². The van der Waals surface area contributed by atoms with Crippen LogP contribution in [0.2, 0.25) is 0 Å². The lowest BCUT2D eigenvalue weighted by molar-refractivity contribution is -0.671. The van der Waals surface area contributed by atoms with Crippen molar-refractivity contribution in [1.82, 2.24) is 0 Å². The summed E-state index contributed by atoms with van der Waals surface area (Å²) in [5, 5.41) is 10.9. The molecule has 1 rings (SSSR count). The van der Waals surface area contributed by atoms with Gasteiger partial charge in [0.25, 0.3) is 0 Å². The number of hydrogen-bond donors (Lipinski definition) is 2. The van der Waals surface area contributed by atoms with E-state index >= 15 is 0 Å². The normalized spacial score (nSPS) is 10.2. The average Bonchev–Trinajstić information content (AvgIpc) is 2.43. The largest absolute Gasteiger partial charge is 0.490 e. The van der Waals surface area contributed by atoms with Gasteiger partial charge in [-0.3, -0.25) is 0 Å². The summed E-state index contributed by atoms with van der Waals surface area (Å²) in [5.41, 5.74) is 1.19. The first-order valence-corrected chi connectivity index (χ1v) is 6.73. The second kappa shape index (κ2) is 9.42. The fraction of sp³-hybridized carbons (Fsp3) is 0.467. The monoisotopic (exact) mass is 266 g/mol. The summed E-state index contributed by atoms with van der Waals surface area (Å²) in [4.78, 5) is 0. The average molecular weight is 266 g/mol. The van der Waals surface area contributed by atoms with Crippen LogP contribution >= 0.6 is 0 Å². The van der Waals surface area contributed by atoms with E-state index in [0.29, 0.717) is 13.2 Å². The van der Waals surface area contributed by atoms with Crippen molar-refractivity contribution in [2.75, 3.05) is 26.4 Å². The Hall–Kier alpha value is -1.52. The minimum absolute atomic E-state index is 0.245. The second-order valence-electron chi connectivity index (χ2n) is 4.17. The Labute approximate surface area is 115 Å². The van der Waals surface area contributed by atoms with Crippen LogP contribution in [-0.4, -0.2) is 31.5 Å². The molecule has 106 valence electrons. The van der Waals surface area contributed by atoms with E-state index in [1.807, 2.05) is 25.1 Å². The van der Waals surface area contributed by atoms with Gasteiger partial charge in [0.1, 0.15) is 13.2 Å². The SMILES string of the molecule is C=CCOc1ccc(C[NH2+]CCCO)cc1OCC. The molecule has 0 aliphatic carbocycles. The van der Waals surface area contributed by atoms with Gasteiger partial charge in [-0.25, -0.2) is 0 Å². The Bertz CT molecular complexity index is 380. The third-order valence-electron chi connectivity index (χ3n) is 2.61.